The van der Waals surface area contributed by atoms with Crippen molar-refractivity contribution in [2.24, 2.45) is 0 Å². The molecular weight excluding hydrogens is 466 g/mol. The molecule has 3 aromatic heterocycles. The molecule has 0 atom stereocenters. The Morgan fingerprint density at radius 2 is 1.42 bits per heavy atom. The van der Waals surface area contributed by atoms with E-state index in [9.17, 15) is 0 Å². The summed E-state index contributed by atoms with van der Waals surface area (Å²) in [6.45, 7) is 15.7. The van der Waals surface area contributed by atoms with Gasteiger partial charge in [0, 0.05) is 22.4 Å². The van der Waals surface area contributed by atoms with E-state index >= 15 is 0 Å². The quantitative estimate of drug-likeness (QED) is 0.241. The van der Waals surface area contributed by atoms with Crippen molar-refractivity contribution < 1.29 is 4.42 Å². The Hall–Kier alpha value is -3.92. The fourth-order valence-electron chi connectivity index (χ4n) is 5.65. The van der Waals surface area contributed by atoms with Crippen molar-refractivity contribution in [3.05, 3.63) is 89.7 Å². The van der Waals surface area contributed by atoms with Crippen molar-refractivity contribution in [1.82, 2.24) is 14.5 Å². The van der Waals surface area contributed by atoms with E-state index in [0.29, 0.717) is 11.8 Å². The monoisotopic (exact) mass is 501 g/mol. The van der Waals surface area contributed by atoms with Gasteiger partial charge in [0.15, 0.2) is 0 Å². The third kappa shape index (κ3) is 3.74. The van der Waals surface area contributed by atoms with Gasteiger partial charge in [0.05, 0.1) is 22.5 Å². The van der Waals surface area contributed by atoms with Gasteiger partial charge in [0.1, 0.15) is 22.5 Å². The van der Waals surface area contributed by atoms with E-state index in [1.807, 2.05) is 18.3 Å². The van der Waals surface area contributed by atoms with Crippen LogP contribution in [0.4, 0.5) is 0 Å². The summed E-state index contributed by atoms with van der Waals surface area (Å²) in [4.78, 5) is 10.2. The highest BCUT2D eigenvalue weighted by molar-refractivity contribution is 6.09. The molecule has 192 valence electrons. The Balaban J connectivity index is 1.81. The van der Waals surface area contributed by atoms with E-state index in [-0.39, 0.29) is 5.41 Å². The normalized spacial score (nSPS) is 12.6. The summed E-state index contributed by atoms with van der Waals surface area (Å²) in [6.07, 6.45) is 1.93. The second kappa shape index (κ2) is 8.83. The van der Waals surface area contributed by atoms with Crippen LogP contribution in [-0.2, 0) is 5.41 Å². The number of aromatic nitrogens is 3. The summed E-state index contributed by atoms with van der Waals surface area (Å²) in [7, 11) is 0. The van der Waals surface area contributed by atoms with Crippen LogP contribution in [0.3, 0.4) is 0 Å². The van der Waals surface area contributed by atoms with Gasteiger partial charge in [-0.3, -0.25) is 9.55 Å². The fourth-order valence-corrected chi connectivity index (χ4v) is 5.65. The molecule has 4 heteroatoms. The lowest BCUT2D eigenvalue weighted by molar-refractivity contribution is 0.574. The number of furan rings is 1. The lowest BCUT2D eigenvalue weighted by atomic mass is 9.90. The number of hydrogen-bond donors (Lipinski definition) is 0. The van der Waals surface area contributed by atoms with Gasteiger partial charge in [-0.15, -0.1) is 0 Å². The van der Waals surface area contributed by atoms with Crippen LogP contribution in [0.15, 0.2) is 77.3 Å². The summed E-state index contributed by atoms with van der Waals surface area (Å²) in [6, 6.07) is 23.5. The molecule has 0 radical (unpaired) electrons. The van der Waals surface area contributed by atoms with E-state index < -0.39 is 0 Å². The zero-order chi connectivity index (χ0) is 26.8. The fraction of sp³-hybridized carbons (Fsp3) is 0.294. The molecule has 0 saturated heterocycles. The van der Waals surface area contributed by atoms with Crippen LogP contribution in [0.5, 0.6) is 0 Å². The molecule has 3 aromatic carbocycles. The summed E-state index contributed by atoms with van der Waals surface area (Å²) in [5, 5.41) is 2.22. The Kier molecular flexibility index (Phi) is 5.68. The van der Waals surface area contributed by atoms with Crippen molar-refractivity contribution in [3.63, 3.8) is 0 Å². The Labute approximate surface area is 224 Å². The minimum atomic E-state index is -0.153. The summed E-state index contributed by atoms with van der Waals surface area (Å²) < 4.78 is 8.88. The lowest BCUT2D eigenvalue weighted by Crippen LogP contribution is -2.14. The molecule has 0 saturated carbocycles. The number of nitrogens with zero attached hydrogens (tertiary/aromatic N) is 3. The molecule has 0 bridgehead atoms. The minimum Gasteiger partial charge on any atom is -0.455 e. The van der Waals surface area contributed by atoms with E-state index in [1.165, 1.54) is 16.8 Å². The topological polar surface area (TPSA) is 43.9 Å². The average molecular weight is 502 g/mol. The van der Waals surface area contributed by atoms with E-state index in [4.69, 9.17) is 14.4 Å². The first-order valence-corrected chi connectivity index (χ1v) is 13.6. The van der Waals surface area contributed by atoms with E-state index in [1.54, 1.807) is 0 Å². The lowest BCUT2D eigenvalue weighted by Gasteiger charge is -2.23. The molecule has 4 nitrogen and oxygen atoms in total. The van der Waals surface area contributed by atoms with Gasteiger partial charge in [-0.2, -0.15) is 0 Å². The third-order valence-corrected chi connectivity index (χ3v) is 7.50. The zero-order valence-corrected chi connectivity index (χ0v) is 23.3. The highest BCUT2D eigenvalue weighted by atomic mass is 16.3. The minimum absolute atomic E-state index is 0.153. The number of fused-ring (bicyclic) bond motifs is 4. The Bertz CT molecular complexity index is 1790. The average Bonchev–Trinajstić information content (AvgIpc) is 3.46. The molecule has 0 aliphatic carbocycles. The number of pyridine rings is 1. The van der Waals surface area contributed by atoms with Crippen LogP contribution in [0.25, 0.3) is 50.0 Å². The van der Waals surface area contributed by atoms with Crippen LogP contribution in [0.1, 0.15) is 77.1 Å². The molecule has 0 unspecified atom stereocenters. The number of para-hydroxylation sites is 3. The second-order valence-electron chi connectivity index (χ2n) is 11.9. The van der Waals surface area contributed by atoms with Gasteiger partial charge in [0.25, 0.3) is 0 Å². The predicted octanol–water partition coefficient (Wildman–Crippen LogP) is 9.53. The van der Waals surface area contributed by atoms with Crippen molar-refractivity contribution in [1.29, 1.82) is 0 Å². The molecule has 0 aliphatic rings. The summed E-state index contributed by atoms with van der Waals surface area (Å²) >= 11 is 0. The second-order valence-corrected chi connectivity index (χ2v) is 11.9. The van der Waals surface area contributed by atoms with Crippen molar-refractivity contribution in [2.75, 3.05) is 0 Å². The smallest absolute Gasteiger partial charge is 0.149 e. The summed E-state index contributed by atoms with van der Waals surface area (Å²) in [5.41, 5.74) is 9.44. The maximum absolute atomic E-state index is 6.51. The maximum atomic E-state index is 6.51. The molecular formula is C34H35N3O. The maximum Gasteiger partial charge on any atom is 0.149 e. The Morgan fingerprint density at radius 3 is 2.11 bits per heavy atom. The van der Waals surface area contributed by atoms with Crippen LogP contribution < -0.4 is 0 Å². The third-order valence-electron chi connectivity index (χ3n) is 7.50. The first-order chi connectivity index (χ1) is 18.2. The first kappa shape index (κ1) is 24.4. The number of benzene rings is 3. The first-order valence-electron chi connectivity index (χ1n) is 13.6. The Morgan fingerprint density at radius 1 is 0.763 bits per heavy atom. The largest absolute Gasteiger partial charge is 0.455 e. The molecule has 0 fully saturated rings. The van der Waals surface area contributed by atoms with Crippen LogP contribution in [0.2, 0.25) is 0 Å². The highest BCUT2D eigenvalue weighted by Crippen LogP contribution is 2.42. The highest BCUT2D eigenvalue weighted by Gasteiger charge is 2.28. The van der Waals surface area contributed by atoms with Crippen LogP contribution in [-0.4, -0.2) is 14.5 Å². The SMILES string of the molecule is CC(C)c1cccc(C(C)C)c1-n1c(-c2cccc3c2oc2ccccc23)nc2c(C(C)(C)C)nccc21. The molecule has 6 aromatic rings. The van der Waals surface area contributed by atoms with Gasteiger partial charge < -0.3 is 4.42 Å². The van der Waals surface area contributed by atoms with Gasteiger partial charge in [-0.1, -0.05) is 97.0 Å². The number of hydrogen-bond acceptors (Lipinski definition) is 3. The standard InChI is InChI=1S/C34H35N3O/c1-20(2)22-13-10-14-23(21(3)4)30(22)37-27-18-19-35-32(34(5,6)7)29(27)36-33(37)26-16-11-15-25-24-12-8-9-17-28(24)38-31(25)26/h8-21H,1-7H3. The molecule has 0 spiro atoms. The molecule has 38 heavy (non-hydrogen) atoms. The van der Waals surface area contributed by atoms with Gasteiger partial charge >= 0.3 is 0 Å². The van der Waals surface area contributed by atoms with Gasteiger partial charge in [-0.05, 0) is 41.2 Å². The van der Waals surface area contributed by atoms with Crippen LogP contribution in [0, 0.1) is 0 Å². The van der Waals surface area contributed by atoms with Gasteiger partial charge in [-0.25, -0.2) is 4.98 Å². The van der Waals surface area contributed by atoms with E-state index in [0.717, 1.165) is 50.1 Å². The van der Waals surface area contributed by atoms with Crippen molar-refractivity contribution in [3.8, 4) is 17.1 Å². The van der Waals surface area contributed by atoms with E-state index in [2.05, 4.69) is 108 Å². The van der Waals surface area contributed by atoms with Gasteiger partial charge in [0.2, 0.25) is 0 Å². The number of imidazole rings is 1. The van der Waals surface area contributed by atoms with Crippen molar-refractivity contribution in [2.45, 2.75) is 65.7 Å². The molecule has 0 aliphatic heterocycles. The number of rotatable bonds is 4. The zero-order valence-electron chi connectivity index (χ0n) is 23.3. The predicted molar refractivity (Wildman–Crippen MR) is 158 cm³/mol. The van der Waals surface area contributed by atoms with Crippen LogP contribution >= 0.6 is 0 Å². The molecule has 0 N–H and O–H groups in total. The molecule has 0 amide bonds. The summed E-state index contributed by atoms with van der Waals surface area (Å²) in [5.74, 6) is 1.58. The molecule has 3 heterocycles. The van der Waals surface area contributed by atoms with Crippen molar-refractivity contribution >= 4 is 33.0 Å². The molecule has 6 rings (SSSR count).